The predicted octanol–water partition coefficient (Wildman–Crippen LogP) is 2.12. The quantitative estimate of drug-likeness (QED) is 0.813. The Bertz CT molecular complexity index is 476. The Balaban J connectivity index is 2.56. The number of halogens is 1. The van der Waals surface area contributed by atoms with E-state index in [2.05, 4.69) is 5.32 Å². The minimum atomic E-state index is -0.792. The number of ether oxygens (including phenoxy) is 1. The average molecular weight is 286 g/mol. The highest BCUT2D eigenvalue weighted by Gasteiger charge is 2.15. The maximum Gasteiger partial charge on any atom is 0.342 e. The lowest BCUT2D eigenvalue weighted by Crippen LogP contribution is -2.35. The van der Waals surface area contributed by atoms with Gasteiger partial charge in [-0.25, -0.2) is 4.79 Å². The van der Waals surface area contributed by atoms with Gasteiger partial charge in [0.2, 0.25) is 0 Å². The number of carbonyl (C=O) groups excluding carboxylic acids is 2. The van der Waals surface area contributed by atoms with Crippen LogP contribution in [0, 0.1) is 0 Å². The summed E-state index contributed by atoms with van der Waals surface area (Å²) in [5.41, 5.74) is -0.0659. The van der Waals surface area contributed by atoms with Gasteiger partial charge in [-0.1, -0.05) is 18.5 Å². The molecule has 0 spiro atoms. The first-order valence-electron chi connectivity index (χ1n) is 5.89. The van der Waals surface area contributed by atoms with Crippen molar-refractivity contribution in [2.75, 3.05) is 6.61 Å². The van der Waals surface area contributed by atoms with E-state index in [1.807, 2.05) is 13.8 Å². The summed E-state index contributed by atoms with van der Waals surface area (Å²) in [6, 6.07) is 4.04. The summed E-state index contributed by atoms with van der Waals surface area (Å²) >= 11 is 5.71. The largest absolute Gasteiger partial charge is 0.507 e. The fraction of sp³-hybridized carbons (Fsp3) is 0.385. The molecule has 0 aromatic heterocycles. The van der Waals surface area contributed by atoms with Crippen LogP contribution in [0.3, 0.4) is 0 Å². The summed E-state index contributed by atoms with van der Waals surface area (Å²) in [5, 5.41) is 12.5. The molecule has 0 aliphatic carbocycles. The molecule has 0 radical (unpaired) electrons. The highest BCUT2D eigenvalue weighted by atomic mass is 35.5. The first-order valence-corrected chi connectivity index (χ1v) is 6.26. The number of hydrogen-bond donors (Lipinski definition) is 2. The summed E-state index contributed by atoms with van der Waals surface area (Å²) in [4.78, 5) is 23.1. The molecular formula is C13H16ClNO4. The summed E-state index contributed by atoms with van der Waals surface area (Å²) in [6.45, 7) is 3.39. The van der Waals surface area contributed by atoms with Gasteiger partial charge in [0.25, 0.3) is 5.91 Å². The van der Waals surface area contributed by atoms with Gasteiger partial charge in [-0.15, -0.1) is 0 Å². The van der Waals surface area contributed by atoms with Crippen LogP contribution in [0.1, 0.15) is 30.6 Å². The molecule has 104 valence electrons. The van der Waals surface area contributed by atoms with Crippen molar-refractivity contribution in [3.05, 3.63) is 28.8 Å². The van der Waals surface area contributed by atoms with Gasteiger partial charge in [0.05, 0.1) is 0 Å². The SMILES string of the molecule is CC[C@@H](C)NC(=O)COC(=O)c1cc(Cl)ccc1O. The molecule has 1 atom stereocenters. The number of phenolic OH excluding ortho intramolecular Hbond substituents is 1. The van der Waals surface area contributed by atoms with Crippen molar-refractivity contribution in [2.45, 2.75) is 26.3 Å². The number of nitrogens with one attached hydrogen (secondary N) is 1. The standard InChI is InChI=1S/C13H16ClNO4/c1-3-8(2)15-12(17)7-19-13(18)10-6-9(14)4-5-11(10)16/h4-6,8,16H,3,7H2,1-2H3,(H,15,17)/t8-/m1/s1. The van der Waals surface area contributed by atoms with Gasteiger partial charge in [-0.2, -0.15) is 0 Å². The molecule has 0 saturated carbocycles. The van der Waals surface area contributed by atoms with Gasteiger partial charge in [0.1, 0.15) is 11.3 Å². The van der Waals surface area contributed by atoms with E-state index in [4.69, 9.17) is 16.3 Å². The topological polar surface area (TPSA) is 75.6 Å². The lowest BCUT2D eigenvalue weighted by molar-refractivity contribution is -0.124. The predicted molar refractivity (Wildman–Crippen MR) is 71.3 cm³/mol. The number of benzene rings is 1. The van der Waals surface area contributed by atoms with Crippen molar-refractivity contribution >= 4 is 23.5 Å². The molecule has 0 aliphatic rings. The zero-order valence-corrected chi connectivity index (χ0v) is 11.5. The summed E-state index contributed by atoms with van der Waals surface area (Å²) in [5.74, 6) is -1.42. The molecule has 2 N–H and O–H groups in total. The normalized spacial score (nSPS) is 11.7. The van der Waals surface area contributed by atoms with E-state index >= 15 is 0 Å². The van der Waals surface area contributed by atoms with Crippen LogP contribution in [0.25, 0.3) is 0 Å². The van der Waals surface area contributed by atoms with Crippen molar-refractivity contribution in [1.29, 1.82) is 0 Å². The molecule has 0 unspecified atom stereocenters. The van der Waals surface area contributed by atoms with Crippen LogP contribution in [0.2, 0.25) is 5.02 Å². The highest BCUT2D eigenvalue weighted by molar-refractivity contribution is 6.31. The Morgan fingerprint density at radius 1 is 1.47 bits per heavy atom. The van der Waals surface area contributed by atoms with Crippen molar-refractivity contribution in [3.8, 4) is 5.75 Å². The summed E-state index contributed by atoms with van der Waals surface area (Å²) < 4.78 is 4.80. The molecule has 6 heteroatoms. The summed E-state index contributed by atoms with van der Waals surface area (Å²) in [6.07, 6.45) is 0.786. The molecule has 0 aliphatic heterocycles. The molecule has 0 bridgehead atoms. The first-order chi connectivity index (χ1) is 8.93. The van der Waals surface area contributed by atoms with E-state index in [1.54, 1.807) is 0 Å². The Morgan fingerprint density at radius 2 is 2.16 bits per heavy atom. The van der Waals surface area contributed by atoms with E-state index in [1.165, 1.54) is 18.2 Å². The van der Waals surface area contributed by atoms with Crippen molar-refractivity contribution in [1.82, 2.24) is 5.32 Å². The van der Waals surface area contributed by atoms with Crippen molar-refractivity contribution in [2.24, 2.45) is 0 Å². The van der Waals surface area contributed by atoms with Crippen molar-refractivity contribution in [3.63, 3.8) is 0 Å². The number of rotatable bonds is 5. The third-order valence-corrected chi connectivity index (χ3v) is 2.77. The monoisotopic (exact) mass is 285 g/mol. The Kier molecular flexibility index (Phi) is 5.63. The van der Waals surface area contributed by atoms with E-state index in [0.29, 0.717) is 5.02 Å². The van der Waals surface area contributed by atoms with Crippen LogP contribution in [0.4, 0.5) is 0 Å². The van der Waals surface area contributed by atoms with Gasteiger partial charge < -0.3 is 15.2 Å². The molecular weight excluding hydrogens is 270 g/mol. The lowest BCUT2D eigenvalue weighted by Gasteiger charge is -2.11. The second-order valence-electron chi connectivity index (χ2n) is 4.11. The molecule has 0 heterocycles. The van der Waals surface area contributed by atoms with Crippen molar-refractivity contribution < 1.29 is 19.4 Å². The second-order valence-corrected chi connectivity index (χ2v) is 4.55. The van der Waals surface area contributed by atoms with Gasteiger partial charge >= 0.3 is 5.97 Å². The zero-order chi connectivity index (χ0) is 14.4. The van der Waals surface area contributed by atoms with E-state index in [-0.39, 0.29) is 23.3 Å². The molecule has 1 rings (SSSR count). The van der Waals surface area contributed by atoms with E-state index in [0.717, 1.165) is 6.42 Å². The number of aromatic hydroxyl groups is 1. The van der Waals surface area contributed by atoms with Gasteiger partial charge in [-0.05, 0) is 31.5 Å². The fourth-order valence-electron chi connectivity index (χ4n) is 1.30. The molecule has 0 saturated heterocycles. The number of hydrogen-bond acceptors (Lipinski definition) is 4. The second kappa shape index (κ2) is 6.99. The van der Waals surface area contributed by atoms with Crippen LogP contribution >= 0.6 is 11.6 Å². The maximum absolute atomic E-state index is 11.7. The van der Waals surface area contributed by atoms with Gasteiger partial charge in [0, 0.05) is 11.1 Å². The lowest BCUT2D eigenvalue weighted by atomic mass is 10.2. The van der Waals surface area contributed by atoms with Gasteiger partial charge in [-0.3, -0.25) is 4.79 Å². The maximum atomic E-state index is 11.7. The first kappa shape index (κ1) is 15.3. The zero-order valence-electron chi connectivity index (χ0n) is 10.8. The molecule has 19 heavy (non-hydrogen) atoms. The van der Waals surface area contributed by atoms with E-state index < -0.39 is 12.6 Å². The number of phenols is 1. The minimum absolute atomic E-state index is 0.0192. The van der Waals surface area contributed by atoms with Crippen LogP contribution < -0.4 is 5.32 Å². The average Bonchev–Trinajstić information content (AvgIpc) is 2.38. The number of esters is 1. The third-order valence-electron chi connectivity index (χ3n) is 2.53. The van der Waals surface area contributed by atoms with Crippen LogP contribution in [-0.4, -0.2) is 29.6 Å². The van der Waals surface area contributed by atoms with Gasteiger partial charge in [0.15, 0.2) is 6.61 Å². The highest BCUT2D eigenvalue weighted by Crippen LogP contribution is 2.22. The molecule has 1 amide bonds. The van der Waals surface area contributed by atoms with Crippen LogP contribution in [0.15, 0.2) is 18.2 Å². The summed E-state index contributed by atoms with van der Waals surface area (Å²) in [7, 11) is 0. The molecule has 0 fully saturated rings. The fourth-order valence-corrected chi connectivity index (χ4v) is 1.47. The Hall–Kier alpha value is -1.75. The van der Waals surface area contributed by atoms with E-state index in [9.17, 15) is 14.7 Å². The smallest absolute Gasteiger partial charge is 0.342 e. The minimum Gasteiger partial charge on any atom is -0.507 e. The van der Waals surface area contributed by atoms with Crippen LogP contribution in [0.5, 0.6) is 5.75 Å². The number of amides is 1. The molecule has 1 aromatic rings. The van der Waals surface area contributed by atoms with Crippen LogP contribution in [-0.2, 0) is 9.53 Å². The molecule has 1 aromatic carbocycles. The Morgan fingerprint density at radius 3 is 2.79 bits per heavy atom. The number of carbonyl (C=O) groups is 2. The third kappa shape index (κ3) is 4.79. The molecule has 5 nitrogen and oxygen atoms in total. The Labute approximate surface area is 116 Å².